The Kier molecular flexibility index (Phi) is 4.91. The third kappa shape index (κ3) is 4.03. The van der Waals surface area contributed by atoms with Gasteiger partial charge in [-0.15, -0.1) is 0 Å². The summed E-state index contributed by atoms with van der Waals surface area (Å²) in [6, 6.07) is 14.9. The van der Waals surface area contributed by atoms with Crippen LogP contribution >= 0.6 is 0 Å². The van der Waals surface area contributed by atoms with Gasteiger partial charge in [-0.2, -0.15) is 0 Å². The molecule has 0 saturated carbocycles. The highest BCUT2D eigenvalue weighted by molar-refractivity contribution is 5.82. The zero-order valence-electron chi connectivity index (χ0n) is 11.4. The lowest BCUT2D eigenvalue weighted by Gasteiger charge is -2.20. The van der Waals surface area contributed by atoms with E-state index in [0.29, 0.717) is 19.5 Å². The topological polar surface area (TPSA) is 49.5 Å². The van der Waals surface area contributed by atoms with Crippen molar-refractivity contribution in [2.24, 2.45) is 5.73 Å². The molecule has 0 amide bonds. The van der Waals surface area contributed by atoms with Crippen LogP contribution in [0.3, 0.4) is 0 Å². The molecule has 2 rings (SSSR count). The van der Waals surface area contributed by atoms with Gasteiger partial charge < -0.3 is 10.8 Å². The van der Waals surface area contributed by atoms with Crippen molar-refractivity contribution >= 4 is 10.8 Å². The molecule has 3 N–H and O–H groups in total. The van der Waals surface area contributed by atoms with Crippen LogP contribution in [0.4, 0.5) is 0 Å². The second-order valence-electron chi connectivity index (χ2n) is 5.11. The maximum absolute atomic E-state index is 9.75. The summed E-state index contributed by atoms with van der Waals surface area (Å²) in [7, 11) is 2.02. The SMILES string of the molecule is CN(Cc1ccc2ccccc2c1)CC(O)CCN. The highest BCUT2D eigenvalue weighted by Gasteiger charge is 2.08. The monoisotopic (exact) mass is 258 g/mol. The lowest BCUT2D eigenvalue weighted by Crippen LogP contribution is -2.30. The molecule has 0 saturated heterocycles. The van der Waals surface area contributed by atoms with Crippen molar-refractivity contribution in [3.05, 3.63) is 48.0 Å². The van der Waals surface area contributed by atoms with Crippen LogP contribution in [0.15, 0.2) is 42.5 Å². The van der Waals surface area contributed by atoms with Crippen molar-refractivity contribution in [2.75, 3.05) is 20.1 Å². The fraction of sp³-hybridized carbons (Fsp3) is 0.375. The van der Waals surface area contributed by atoms with Crippen LogP contribution in [0.5, 0.6) is 0 Å². The lowest BCUT2D eigenvalue weighted by molar-refractivity contribution is 0.117. The Bertz CT molecular complexity index is 527. The molecular formula is C16H22N2O. The Morgan fingerprint density at radius 3 is 2.63 bits per heavy atom. The van der Waals surface area contributed by atoms with Gasteiger partial charge in [-0.05, 0) is 42.4 Å². The van der Waals surface area contributed by atoms with E-state index in [1.165, 1.54) is 16.3 Å². The number of nitrogens with zero attached hydrogens (tertiary/aromatic N) is 1. The van der Waals surface area contributed by atoms with Crippen molar-refractivity contribution in [1.29, 1.82) is 0 Å². The van der Waals surface area contributed by atoms with Crippen molar-refractivity contribution in [2.45, 2.75) is 19.1 Å². The number of aliphatic hydroxyl groups is 1. The molecule has 2 aromatic carbocycles. The number of likely N-dealkylation sites (N-methyl/N-ethyl adjacent to an activating group) is 1. The Labute approximate surface area is 114 Å². The summed E-state index contributed by atoms with van der Waals surface area (Å²) in [5, 5.41) is 12.3. The van der Waals surface area contributed by atoms with E-state index in [1.54, 1.807) is 0 Å². The molecule has 0 spiro atoms. The molecule has 0 aliphatic heterocycles. The zero-order valence-corrected chi connectivity index (χ0v) is 11.4. The molecule has 2 aromatic rings. The zero-order chi connectivity index (χ0) is 13.7. The maximum Gasteiger partial charge on any atom is 0.0679 e. The maximum atomic E-state index is 9.75. The van der Waals surface area contributed by atoms with E-state index >= 15 is 0 Å². The van der Waals surface area contributed by atoms with Gasteiger partial charge in [0.25, 0.3) is 0 Å². The fourth-order valence-corrected chi connectivity index (χ4v) is 2.36. The Morgan fingerprint density at radius 1 is 1.16 bits per heavy atom. The molecule has 0 radical (unpaired) electrons. The van der Waals surface area contributed by atoms with Gasteiger partial charge in [0, 0.05) is 13.1 Å². The summed E-state index contributed by atoms with van der Waals surface area (Å²) < 4.78 is 0. The standard InChI is InChI=1S/C16H22N2O/c1-18(12-16(19)8-9-17)11-13-6-7-14-4-2-3-5-15(14)10-13/h2-7,10,16,19H,8-9,11-12,17H2,1H3. The number of nitrogens with two attached hydrogens (primary N) is 1. The quantitative estimate of drug-likeness (QED) is 0.833. The molecule has 0 aromatic heterocycles. The van der Waals surface area contributed by atoms with Gasteiger partial charge in [-0.25, -0.2) is 0 Å². The normalized spacial score (nSPS) is 13.1. The first-order valence-corrected chi connectivity index (χ1v) is 6.73. The molecule has 0 bridgehead atoms. The van der Waals surface area contributed by atoms with Crippen LogP contribution in [0, 0.1) is 0 Å². The van der Waals surface area contributed by atoms with Crippen LogP contribution in [0.2, 0.25) is 0 Å². The summed E-state index contributed by atoms with van der Waals surface area (Å²) >= 11 is 0. The third-order valence-corrected chi connectivity index (χ3v) is 3.29. The van der Waals surface area contributed by atoms with Gasteiger partial charge >= 0.3 is 0 Å². The largest absolute Gasteiger partial charge is 0.392 e. The van der Waals surface area contributed by atoms with Gasteiger partial charge in [-0.1, -0.05) is 36.4 Å². The molecular weight excluding hydrogens is 236 g/mol. The van der Waals surface area contributed by atoms with E-state index < -0.39 is 0 Å². The van der Waals surface area contributed by atoms with Crippen LogP contribution in [0.1, 0.15) is 12.0 Å². The van der Waals surface area contributed by atoms with E-state index in [9.17, 15) is 5.11 Å². The number of fused-ring (bicyclic) bond motifs is 1. The van der Waals surface area contributed by atoms with Crippen molar-refractivity contribution in [3.63, 3.8) is 0 Å². The predicted molar refractivity (Wildman–Crippen MR) is 80.0 cm³/mol. The predicted octanol–water partition coefficient (Wildman–Crippen LogP) is 1.98. The van der Waals surface area contributed by atoms with Crippen LogP contribution < -0.4 is 5.73 Å². The van der Waals surface area contributed by atoms with Crippen LogP contribution in [-0.2, 0) is 6.54 Å². The average Bonchev–Trinajstić information content (AvgIpc) is 2.38. The first kappa shape index (κ1) is 14.0. The number of benzene rings is 2. The highest BCUT2D eigenvalue weighted by atomic mass is 16.3. The van der Waals surface area contributed by atoms with Crippen molar-refractivity contribution in [3.8, 4) is 0 Å². The first-order valence-electron chi connectivity index (χ1n) is 6.73. The number of hydrogen-bond donors (Lipinski definition) is 2. The molecule has 1 atom stereocenters. The minimum atomic E-state index is -0.338. The molecule has 1 unspecified atom stereocenters. The smallest absolute Gasteiger partial charge is 0.0679 e. The highest BCUT2D eigenvalue weighted by Crippen LogP contribution is 2.16. The van der Waals surface area contributed by atoms with Gasteiger partial charge in [-0.3, -0.25) is 4.90 Å². The number of rotatable bonds is 6. The second-order valence-corrected chi connectivity index (χ2v) is 5.11. The Balaban J connectivity index is 2.00. The van der Waals surface area contributed by atoms with Gasteiger partial charge in [0.1, 0.15) is 0 Å². The molecule has 0 aliphatic rings. The van der Waals surface area contributed by atoms with Gasteiger partial charge in [0.05, 0.1) is 6.10 Å². The minimum Gasteiger partial charge on any atom is -0.392 e. The summed E-state index contributed by atoms with van der Waals surface area (Å²) in [5.41, 5.74) is 6.71. The molecule has 19 heavy (non-hydrogen) atoms. The molecule has 3 heteroatoms. The van der Waals surface area contributed by atoms with E-state index in [4.69, 9.17) is 5.73 Å². The first-order chi connectivity index (χ1) is 9.19. The lowest BCUT2D eigenvalue weighted by atomic mass is 10.1. The average molecular weight is 258 g/mol. The van der Waals surface area contributed by atoms with E-state index in [1.807, 2.05) is 7.05 Å². The van der Waals surface area contributed by atoms with Crippen molar-refractivity contribution in [1.82, 2.24) is 4.90 Å². The Hall–Kier alpha value is -1.42. The summed E-state index contributed by atoms with van der Waals surface area (Å²) in [4.78, 5) is 2.13. The fourth-order valence-electron chi connectivity index (χ4n) is 2.36. The second kappa shape index (κ2) is 6.66. The summed E-state index contributed by atoms with van der Waals surface area (Å²) in [5.74, 6) is 0. The van der Waals surface area contributed by atoms with E-state index in [0.717, 1.165) is 6.54 Å². The minimum absolute atomic E-state index is 0.338. The molecule has 0 heterocycles. The molecule has 0 fully saturated rings. The summed E-state index contributed by atoms with van der Waals surface area (Å²) in [6.45, 7) is 2.03. The van der Waals surface area contributed by atoms with Gasteiger partial charge in [0.15, 0.2) is 0 Å². The molecule has 3 nitrogen and oxygen atoms in total. The van der Waals surface area contributed by atoms with E-state index in [2.05, 4.69) is 47.4 Å². The number of hydrogen-bond acceptors (Lipinski definition) is 3. The molecule has 0 aliphatic carbocycles. The molecule has 102 valence electrons. The van der Waals surface area contributed by atoms with Crippen LogP contribution in [-0.4, -0.2) is 36.2 Å². The number of aliphatic hydroxyl groups excluding tert-OH is 1. The van der Waals surface area contributed by atoms with Gasteiger partial charge in [0.2, 0.25) is 0 Å². The van der Waals surface area contributed by atoms with Crippen LogP contribution in [0.25, 0.3) is 10.8 Å². The third-order valence-electron chi connectivity index (χ3n) is 3.29. The Morgan fingerprint density at radius 2 is 1.89 bits per heavy atom. The van der Waals surface area contributed by atoms with Crippen molar-refractivity contribution < 1.29 is 5.11 Å². The van der Waals surface area contributed by atoms with E-state index in [-0.39, 0.29) is 6.10 Å². The summed E-state index contributed by atoms with van der Waals surface area (Å²) in [6.07, 6.45) is 0.317.